The second-order valence-electron chi connectivity index (χ2n) is 16.9. The summed E-state index contributed by atoms with van der Waals surface area (Å²) in [6, 6.07) is 92.3. The number of hydrogen-bond acceptors (Lipinski definition) is 2. The molecule has 0 aliphatic carbocycles. The number of hydrogen-bond donors (Lipinski definition) is 0. The van der Waals surface area contributed by atoms with Gasteiger partial charge in [-0.3, -0.25) is 0 Å². The number of anilines is 6. The van der Waals surface area contributed by atoms with Gasteiger partial charge in [-0.25, -0.2) is 0 Å². The van der Waals surface area contributed by atoms with Crippen LogP contribution >= 0.6 is 0 Å². The number of benzene rings is 11. The Hall–Kier alpha value is -8.86. The smallest absolute Gasteiger partial charge is 0.0548 e. The van der Waals surface area contributed by atoms with Crippen LogP contribution in [0.1, 0.15) is 0 Å². The van der Waals surface area contributed by atoms with Crippen molar-refractivity contribution in [2.24, 2.45) is 0 Å². The van der Waals surface area contributed by atoms with Crippen molar-refractivity contribution in [3.63, 3.8) is 0 Å². The molecule has 2 heterocycles. The molecule has 0 atom stereocenters. The van der Waals surface area contributed by atoms with Gasteiger partial charge in [0.05, 0.1) is 27.8 Å². The van der Waals surface area contributed by atoms with Crippen LogP contribution in [0.2, 0.25) is 0 Å². The molecule has 0 fully saturated rings. The Morgan fingerprint density at radius 3 is 1.21 bits per heavy atom. The van der Waals surface area contributed by atoms with Crippen molar-refractivity contribution >= 4 is 88.5 Å². The van der Waals surface area contributed by atoms with Gasteiger partial charge in [0, 0.05) is 66.7 Å². The maximum Gasteiger partial charge on any atom is 0.0548 e. The molecule has 4 heteroatoms. The minimum atomic E-state index is 1.11. The molecule has 13 aromatic rings. The summed E-state index contributed by atoms with van der Waals surface area (Å²) in [6.45, 7) is 0. The van der Waals surface area contributed by atoms with Gasteiger partial charge in [0.15, 0.2) is 0 Å². The first kappa shape index (κ1) is 37.7. The maximum atomic E-state index is 2.44. The van der Waals surface area contributed by atoms with Crippen molar-refractivity contribution in [3.8, 4) is 22.5 Å². The lowest BCUT2D eigenvalue weighted by atomic mass is 9.93. The topological polar surface area (TPSA) is 16.3 Å². The van der Waals surface area contributed by atoms with Gasteiger partial charge in [-0.2, -0.15) is 0 Å². The van der Waals surface area contributed by atoms with Crippen molar-refractivity contribution in [3.05, 3.63) is 255 Å². The maximum absolute atomic E-state index is 2.44. The van der Waals surface area contributed by atoms with E-state index in [0.717, 1.165) is 45.5 Å². The summed E-state index contributed by atoms with van der Waals surface area (Å²) in [7, 11) is 0. The van der Waals surface area contributed by atoms with E-state index in [2.05, 4.69) is 274 Å². The van der Waals surface area contributed by atoms with E-state index in [1.54, 1.807) is 0 Å². The quantitative estimate of drug-likeness (QED) is 0.135. The third-order valence-corrected chi connectivity index (χ3v) is 13.2. The van der Waals surface area contributed by atoms with Crippen molar-refractivity contribution < 1.29 is 0 Å². The number of nitrogens with zero attached hydrogens (tertiary/aromatic N) is 4. The van der Waals surface area contributed by atoms with Gasteiger partial charge in [0.2, 0.25) is 0 Å². The van der Waals surface area contributed by atoms with Gasteiger partial charge < -0.3 is 18.9 Å². The molecule has 310 valence electrons. The lowest BCUT2D eigenvalue weighted by Crippen LogP contribution is -2.10. The molecule has 66 heavy (non-hydrogen) atoms. The Balaban J connectivity index is 1.06. The Kier molecular flexibility index (Phi) is 8.81. The van der Waals surface area contributed by atoms with Crippen LogP contribution in [-0.2, 0) is 0 Å². The molecule has 0 N–H and O–H groups in total. The van der Waals surface area contributed by atoms with Crippen LogP contribution in [0.5, 0.6) is 0 Å². The molecule has 0 aliphatic heterocycles. The van der Waals surface area contributed by atoms with Crippen LogP contribution in [0.15, 0.2) is 255 Å². The van der Waals surface area contributed by atoms with Gasteiger partial charge >= 0.3 is 0 Å². The number of rotatable bonds is 9. The van der Waals surface area contributed by atoms with E-state index in [1.807, 2.05) is 0 Å². The Labute approximate surface area is 383 Å². The summed E-state index contributed by atoms with van der Waals surface area (Å²) >= 11 is 0. The lowest BCUT2D eigenvalue weighted by molar-refractivity contribution is 1.18. The van der Waals surface area contributed by atoms with Crippen LogP contribution in [0.3, 0.4) is 0 Å². The van der Waals surface area contributed by atoms with Gasteiger partial charge in [0.25, 0.3) is 0 Å². The second-order valence-corrected chi connectivity index (χ2v) is 16.9. The Morgan fingerprint density at radius 1 is 0.258 bits per heavy atom. The van der Waals surface area contributed by atoms with E-state index in [1.165, 1.54) is 65.5 Å². The molecule has 0 spiro atoms. The highest BCUT2D eigenvalue weighted by Gasteiger charge is 2.24. The van der Waals surface area contributed by atoms with E-state index in [4.69, 9.17) is 0 Å². The summed E-state index contributed by atoms with van der Waals surface area (Å²) in [5.41, 5.74) is 16.1. The number of aromatic nitrogens is 2. The van der Waals surface area contributed by atoms with Crippen molar-refractivity contribution in [2.75, 3.05) is 9.80 Å². The molecule has 0 radical (unpaired) electrons. The molecule has 0 saturated heterocycles. The molecule has 0 bridgehead atoms. The fraction of sp³-hybridized carbons (Fsp3) is 0. The van der Waals surface area contributed by atoms with E-state index in [0.29, 0.717) is 0 Å². The lowest BCUT2D eigenvalue weighted by Gasteiger charge is -2.27. The molecule has 2 aromatic heterocycles. The number of para-hydroxylation sites is 6. The van der Waals surface area contributed by atoms with Crippen molar-refractivity contribution in [1.82, 2.24) is 9.13 Å². The predicted octanol–water partition coefficient (Wildman–Crippen LogP) is 17.1. The van der Waals surface area contributed by atoms with Crippen LogP contribution in [-0.4, -0.2) is 9.13 Å². The SMILES string of the molecule is c1ccc(N(c2ccccc2)c2ccc3c(c2)c2cc(-c4ccc5c6c4ccc4c(N(c7ccccc7)c7ccccc7)ccc(c46)n5-c4ccccc4)ccc2n3-c2ccccc2)cc1. The van der Waals surface area contributed by atoms with Crippen molar-refractivity contribution in [2.45, 2.75) is 0 Å². The van der Waals surface area contributed by atoms with E-state index in [9.17, 15) is 0 Å². The van der Waals surface area contributed by atoms with Gasteiger partial charge in [-0.15, -0.1) is 0 Å². The zero-order valence-corrected chi connectivity index (χ0v) is 36.0. The van der Waals surface area contributed by atoms with E-state index < -0.39 is 0 Å². The molecule has 0 amide bonds. The summed E-state index contributed by atoms with van der Waals surface area (Å²) in [6.07, 6.45) is 0. The Bertz CT molecular complexity index is 3760. The average molecular weight is 843 g/mol. The average Bonchev–Trinajstić information content (AvgIpc) is 3.91. The first-order chi connectivity index (χ1) is 32.8. The van der Waals surface area contributed by atoms with Gasteiger partial charge in [-0.05, 0) is 138 Å². The highest BCUT2D eigenvalue weighted by atomic mass is 15.1. The minimum absolute atomic E-state index is 1.11. The van der Waals surface area contributed by atoms with Crippen LogP contribution < -0.4 is 9.80 Å². The molecule has 11 aromatic carbocycles. The zero-order chi connectivity index (χ0) is 43.6. The summed E-state index contributed by atoms with van der Waals surface area (Å²) in [5.74, 6) is 0. The molecular formula is C62H42N4. The van der Waals surface area contributed by atoms with Crippen molar-refractivity contribution in [1.29, 1.82) is 0 Å². The van der Waals surface area contributed by atoms with E-state index >= 15 is 0 Å². The predicted molar refractivity (Wildman–Crippen MR) is 279 cm³/mol. The minimum Gasteiger partial charge on any atom is -0.310 e. The first-order valence-corrected chi connectivity index (χ1v) is 22.6. The first-order valence-electron chi connectivity index (χ1n) is 22.6. The summed E-state index contributed by atoms with van der Waals surface area (Å²) < 4.78 is 4.85. The standard InChI is InChI=1S/C62H42N4/c1-7-19-44(20-8-1)63(45-21-9-2-10-22-45)50-32-37-58-55(42-50)54-41-43(31-36-57(54)65(58)48-27-15-5-16-28-48)51-35-38-59-61-52(51)33-34-53-56(39-40-60(62(53)61)66(59)49-29-17-6-18-30-49)64(46-23-11-3-12-24-46)47-25-13-4-14-26-47/h1-42H. The molecule has 0 saturated carbocycles. The zero-order valence-electron chi connectivity index (χ0n) is 36.0. The molecule has 13 rings (SSSR count). The largest absolute Gasteiger partial charge is 0.310 e. The van der Waals surface area contributed by atoms with Crippen LogP contribution in [0, 0.1) is 0 Å². The fourth-order valence-corrected chi connectivity index (χ4v) is 10.4. The van der Waals surface area contributed by atoms with Gasteiger partial charge in [-0.1, -0.05) is 133 Å². The van der Waals surface area contributed by atoms with Crippen LogP contribution in [0.4, 0.5) is 34.1 Å². The van der Waals surface area contributed by atoms with E-state index in [-0.39, 0.29) is 0 Å². The monoisotopic (exact) mass is 842 g/mol. The number of fused-ring (bicyclic) bond motifs is 3. The summed E-state index contributed by atoms with van der Waals surface area (Å²) in [5, 5.41) is 7.37. The highest BCUT2D eigenvalue weighted by Crippen LogP contribution is 2.48. The summed E-state index contributed by atoms with van der Waals surface area (Å²) in [4.78, 5) is 4.74. The molecule has 0 aliphatic rings. The normalized spacial score (nSPS) is 11.6. The second kappa shape index (κ2) is 15.4. The molecule has 4 nitrogen and oxygen atoms in total. The van der Waals surface area contributed by atoms with Gasteiger partial charge in [0.1, 0.15) is 0 Å². The highest BCUT2D eigenvalue weighted by molar-refractivity contribution is 6.29. The molecular weight excluding hydrogens is 801 g/mol. The molecule has 0 unspecified atom stereocenters. The third kappa shape index (κ3) is 6.00. The van der Waals surface area contributed by atoms with Crippen LogP contribution in [0.25, 0.3) is 76.9 Å². The Morgan fingerprint density at radius 2 is 0.667 bits per heavy atom. The third-order valence-electron chi connectivity index (χ3n) is 13.2. The fourth-order valence-electron chi connectivity index (χ4n) is 10.4.